The summed E-state index contributed by atoms with van der Waals surface area (Å²) in [6, 6.07) is 11.9. The van der Waals surface area contributed by atoms with Crippen molar-refractivity contribution in [1.29, 1.82) is 0 Å². The molecule has 0 bridgehead atoms. The lowest BCUT2D eigenvalue weighted by molar-refractivity contribution is 1.10. The van der Waals surface area contributed by atoms with E-state index in [1.165, 1.54) is 4.90 Å². The number of aromatic amines is 1. The molecule has 2 nitrogen and oxygen atoms in total. The first-order valence-electron chi connectivity index (χ1n) is 5.60. The number of rotatable bonds is 3. The molecule has 2 aromatic rings. The number of benzene rings is 1. The SMILES string of the molecule is CCc1cc(-c2ccc(SC)cc2)[nH]c(=O)c1. The molecule has 2 rings (SSSR count). The third-order valence-electron chi connectivity index (χ3n) is 2.71. The molecule has 0 saturated heterocycles. The van der Waals surface area contributed by atoms with Crippen LogP contribution < -0.4 is 5.56 Å². The highest BCUT2D eigenvalue weighted by atomic mass is 32.2. The van der Waals surface area contributed by atoms with Gasteiger partial charge in [-0.3, -0.25) is 4.79 Å². The number of hydrogen-bond acceptors (Lipinski definition) is 2. The predicted molar refractivity (Wildman–Crippen MR) is 73.7 cm³/mol. The van der Waals surface area contributed by atoms with E-state index in [-0.39, 0.29) is 5.56 Å². The van der Waals surface area contributed by atoms with Gasteiger partial charge in [-0.25, -0.2) is 0 Å². The van der Waals surface area contributed by atoms with E-state index in [9.17, 15) is 4.79 Å². The fourth-order valence-electron chi connectivity index (χ4n) is 1.73. The van der Waals surface area contributed by atoms with Crippen LogP contribution in [0.25, 0.3) is 11.3 Å². The van der Waals surface area contributed by atoms with Gasteiger partial charge in [-0.1, -0.05) is 19.1 Å². The van der Waals surface area contributed by atoms with Crippen LogP contribution in [0.4, 0.5) is 0 Å². The summed E-state index contributed by atoms with van der Waals surface area (Å²) >= 11 is 1.71. The average molecular weight is 245 g/mol. The van der Waals surface area contributed by atoms with Crippen molar-refractivity contribution in [2.24, 2.45) is 0 Å². The molecular formula is C14H15NOS. The average Bonchev–Trinajstić information content (AvgIpc) is 2.38. The maximum Gasteiger partial charge on any atom is 0.248 e. The minimum atomic E-state index is -0.0340. The zero-order valence-corrected chi connectivity index (χ0v) is 10.8. The normalized spacial score (nSPS) is 10.5. The highest BCUT2D eigenvalue weighted by molar-refractivity contribution is 7.98. The highest BCUT2D eigenvalue weighted by Gasteiger charge is 2.01. The van der Waals surface area contributed by atoms with E-state index in [1.54, 1.807) is 17.8 Å². The molecule has 0 atom stereocenters. The van der Waals surface area contributed by atoms with Crippen LogP contribution in [0.15, 0.2) is 46.1 Å². The molecule has 0 aliphatic carbocycles. The van der Waals surface area contributed by atoms with Gasteiger partial charge in [-0.2, -0.15) is 0 Å². The third-order valence-corrected chi connectivity index (χ3v) is 3.46. The maximum absolute atomic E-state index is 11.5. The van der Waals surface area contributed by atoms with E-state index >= 15 is 0 Å². The van der Waals surface area contributed by atoms with Gasteiger partial charge in [0.1, 0.15) is 0 Å². The van der Waals surface area contributed by atoms with Gasteiger partial charge in [0.2, 0.25) is 5.56 Å². The first-order valence-corrected chi connectivity index (χ1v) is 6.83. The molecule has 0 spiro atoms. The Labute approximate surface area is 105 Å². The minimum absolute atomic E-state index is 0.0340. The summed E-state index contributed by atoms with van der Waals surface area (Å²) in [5.74, 6) is 0. The second-order valence-electron chi connectivity index (χ2n) is 3.85. The van der Waals surface area contributed by atoms with Crippen molar-refractivity contribution in [2.45, 2.75) is 18.2 Å². The molecule has 1 heterocycles. The van der Waals surface area contributed by atoms with E-state index in [1.807, 2.05) is 18.2 Å². The fourth-order valence-corrected chi connectivity index (χ4v) is 2.14. The predicted octanol–water partition coefficient (Wildman–Crippen LogP) is 3.33. The Morgan fingerprint density at radius 3 is 2.47 bits per heavy atom. The van der Waals surface area contributed by atoms with Crippen LogP contribution in [0.2, 0.25) is 0 Å². The molecule has 0 aliphatic heterocycles. The number of aromatic nitrogens is 1. The minimum Gasteiger partial charge on any atom is -0.322 e. The van der Waals surface area contributed by atoms with E-state index in [4.69, 9.17) is 0 Å². The van der Waals surface area contributed by atoms with E-state index in [0.29, 0.717) is 0 Å². The molecule has 17 heavy (non-hydrogen) atoms. The largest absolute Gasteiger partial charge is 0.322 e. The molecule has 1 aromatic carbocycles. The summed E-state index contributed by atoms with van der Waals surface area (Å²) in [5, 5.41) is 0. The molecule has 3 heteroatoms. The molecule has 0 radical (unpaired) electrons. The van der Waals surface area contributed by atoms with Gasteiger partial charge in [-0.15, -0.1) is 11.8 Å². The molecule has 0 fully saturated rings. The van der Waals surface area contributed by atoms with Gasteiger partial charge < -0.3 is 4.98 Å². The summed E-state index contributed by atoms with van der Waals surface area (Å²) in [5.41, 5.74) is 2.98. The quantitative estimate of drug-likeness (QED) is 0.841. The Balaban J connectivity index is 2.44. The van der Waals surface area contributed by atoms with Gasteiger partial charge in [0, 0.05) is 16.7 Å². The van der Waals surface area contributed by atoms with E-state index in [2.05, 4.69) is 30.3 Å². The second kappa shape index (κ2) is 5.23. The van der Waals surface area contributed by atoms with Crippen LogP contribution in [0.5, 0.6) is 0 Å². The zero-order chi connectivity index (χ0) is 12.3. The zero-order valence-electron chi connectivity index (χ0n) is 9.99. The first kappa shape index (κ1) is 12.0. The molecule has 1 aromatic heterocycles. The van der Waals surface area contributed by atoms with Crippen molar-refractivity contribution in [3.63, 3.8) is 0 Å². The Morgan fingerprint density at radius 1 is 1.18 bits per heavy atom. The third kappa shape index (κ3) is 2.80. The highest BCUT2D eigenvalue weighted by Crippen LogP contribution is 2.21. The van der Waals surface area contributed by atoms with Gasteiger partial charge in [0.05, 0.1) is 0 Å². The van der Waals surface area contributed by atoms with Gasteiger partial charge >= 0.3 is 0 Å². The molecular weight excluding hydrogens is 230 g/mol. The number of thioether (sulfide) groups is 1. The molecule has 0 saturated carbocycles. The number of nitrogens with one attached hydrogen (secondary N) is 1. The summed E-state index contributed by atoms with van der Waals surface area (Å²) in [4.78, 5) is 15.6. The fraction of sp³-hybridized carbons (Fsp3) is 0.214. The van der Waals surface area contributed by atoms with Gasteiger partial charge in [0.15, 0.2) is 0 Å². The second-order valence-corrected chi connectivity index (χ2v) is 4.73. The van der Waals surface area contributed by atoms with Crippen LogP contribution in [0.1, 0.15) is 12.5 Å². The smallest absolute Gasteiger partial charge is 0.248 e. The van der Waals surface area contributed by atoms with Crippen molar-refractivity contribution >= 4 is 11.8 Å². The maximum atomic E-state index is 11.5. The summed E-state index contributed by atoms with van der Waals surface area (Å²) < 4.78 is 0. The number of pyridine rings is 1. The van der Waals surface area contributed by atoms with Crippen molar-refractivity contribution in [3.05, 3.63) is 52.3 Å². The Hall–Kier alpha value is -1.48. The van der Waals surface area contributed by atoms with Crippen LogP contribution in [-0.4, -0.2) is 11.2 Å². The molecule has 0 amide bonds. The van der Waals surface area contributed by atoms with Crippen LogP contribution >= 0.6 is 11.8 Å². The molecule has 1 N–H and O–H groups in total. The Kier molecular flexibility index (Phi) is 3.69. The van der Waals surface area contributed by atoms with E-state index < -0.39 is 0 Å². The monoisotopic (exact) mass is 245 g/mol. The summed E-state index contributed by atoms with van der Waals surface area (Å²) in [6.07, 6.45) is 2.93. The first-order chi connectivity index (χ1) is 8.22. The van der Waals surface area contributed by atoms with Crippen LogP contribution in [-0.2, 0) is 6.42 Å². The molecule has 88 valence electrons. The van der Waals surface area contributed by atoms with Gasteiger partial charge in [0.25, 0.3) is 0 Å². The lowest BCUT2D eigenvalue weighted by atomic mass is 10.1. The van der Waals surface area contributed by atoms with E-state index in [0.717, 1.165) is 23.2 Å². The Bertz CT molecular complexity index is 557. The molecule has 0 aliphatic rings. The Morgan fingerprint density at radius 2 is 1.88 bits per heavy atom. The standard InChI is InChI=1S/C14H15NOS/c1-3-10-8-13(15-14(16)9-10)11-4-6-12(17-2)7-5-11/h4-9H,3H2,1-2H3,(H,15,16). The van der Waals surface area contributed by atoms with Crippen LogP contribution in [0, 0.1) is 0 Å². The summed E-state index contributed by atoms with van der Waals surface area (Å²) in [7, 11) is 0. The number of aryl methyl sites for hydroxylation is 1. The van der Waals surface area contributed by atoms with Gasteiger partial charge in [-0.05, 0) is 42.0 Å². The topological polar surface area (TPSA) is 32.9 Å². The lowest BCUT2D eigenvalue weighted by Gasteiger charge is -2.04. The number of H-pyrrole nitrogens is 1. The van der Waals surface area contributed by atoms with Crippen LogP contribution in [0.3, 0.4) is 0 Å². The van der Waals surface area contributed by atoms with Crippen molar-refractivity contribution < 1.29 is 0 Å². The van der Waals surface area contributed by atoms with Crippen molar-refractivity contribution in [2.75, 3.05) is 6.26 Å². The summed E-state index contributed by atoms with van der Waals surface area (Å²) in [6.45, 7) is 2.05. The lowest BCUT2D eigenvalue weighted by Crippen LogP contribution is -2.06. The number of hydrogen-bond donors (Lipinski definition) is 1. The molecule has 0 unspecified atom stereocenters. The van der Waals surface area contributed by atoms with Crippen molar-refractivity contribution in [3.8, 4) is 11.3 Å². The van der Waals surface area contributed by atoms with Crippen molar-refractivity contribution in [1.82, 2.24) is 4.98 Å².